The molecule has 4 nitrogen and oxygen atoms in total. The molecule has 24 heavy (non-hydrogen) atoms. The van der Waals surface area contributed by atoms with E-state index in [1.165, 1.54) is 13.3 Å². The molecule has 8 heteroatoms. The Labute approximate surface area is 135 Å². The predicted octanol–water partition coefficient (Wildman–Crippen LogP) is 4.02. The van der Waals surface area contributed by atoms with Crippen LogP contribution in [0.25, 0.3) is 0 Å². The molecule has 0 unspecified atom stereocenters. The zero-order chi connectivity index (χ0) is 17.7. The van der Waals surface area contributed by atoms with Crippen molar-refractivity contribution < 1.29 is 22.4 Å². The number of carbonyl (C=O) groups excluding carboxylic acids is 1. The minimum atomic E-state index is -4.88. The molecule has 0 spiro atoms. The third-order valence-electron chi connectivity index (χ3n) is 3.03. The molecule has 0 aromatic heterocycles. The van der Waals surface area contributed by atoms with Gasteiger partial charge in [-0.15, -0.1) is 0 Å². The first-order valence-electron chi connectivity index (χ1n) is 6.80. The Morgan fingerprint density at radius 3 is 2.42 bits per heavy atom. The molecule has 0 saturated heterocycles. The van der Waals surface area contributed by atoms with Crippen LogP contribution in [0.2, 0.25) is 0 Å². The van der Waals surface area contributed by atoms with E-state index in [9.17, 15) is 22.4 Å². The number of anilines is 1. The van der Waals surface area contributed by atoms with Crippen molar-refractivity contribution in [2.45, 2.75) is 6.18 Å². The van der Waals surface area contributed by atoms with Crippen LogP contribution in [0.5, 0.6) is 0 Å². The Kier molecular flexibility index (Phi) is 5.18. The Hall–Kier alpha value is -2.90. The van der Waals surface area contributed by atoms with Gasteiger partial charge in [0.05, 0.1) is 17.5 Å². The smallest absolute Gasteiger partial charge is 0.339 e. The van der Waals surface area contributed by atoms with Crippen LogP contribution in [0, 0.1) is 5.82 Å². The van der Waals surface area contributed by atoms with E-state index >= 15 is 0 Å². The zero-order valence-electron chi connectivity index (χ0n) is 12.5. The highest BCUT2D eigenvalue weighted by Crippen LogP contribution is 2.34. The maximum Gasteiger partial charge on any atom is 0.419 e. The van der Waals surface area contributed by atoms with Crippen LogP contribution in [-0.4, -0.2) is 19.3 Å². The van der Waals surface area contributed by atoms with Crippen LogP contribution in [-0.2, 0) is 6.18 Å². The molecular weight excluding hydrogens is 326 g/mol. The van der Waals surface area contributed by atoms with Crippen molar-refractivity contribution in [3.63, 3.8) is 0 Å². The summed E-state index contributed by atoms with van der Waals surface area (Å²) in [5.74, 6) is -1.42. The molecule has 0 fully saturated rings. The Morgan fingerprint density at radius 1 is 1.17 bits per heavy atom. The average molecular weight is 339 g/mol. The highest BCUT2D eigenvalue weighted by molar-refractivity contribution is 5.93. The summed E-state index contributed by atoms with van der Waals surface area (Å²) in [7, 11) is 1.31. The number of hydrogen-bond acceptors (Lipinski definition) is 2. The Balaban J connectivity index is 2.42. The second-order valence-corrected chi connectivity index (χ2v) is 4.68. The lowest BCUT2D eigenvalue weighted by molar-refractivity contribution is -0.139. The van der Waals surface area contributed by atoms with E-state index in [1.54, 1.807) is 30.3 Å². The summed E-state index contributed by atoms with van der Waals surface area (Å²) in [4.78, 5) is 11.9. The lowest BCUT2D eigenvalue weighted by Crippen LogP contribution is -2.34. The van der Waals surface area contributed by atoms with Crippen molar-refractivity contribution >= 4 is 17.9 Å². The van der Waals surface area contributed by atoms with Crippen LogP contribution in [0.15, 0.2) is 53.6 Å². The minimum Gasteiger partial charge on any atom is -0.339 e. The molecule has 0 aliphatic heterocycles. The molecule has 2 amide bonds. The van der Waals surface area contributed by atoms with Crippen molar-refractivity contribution in [3.8, 4) is 0 Å². The molecule has 0 saturated carbocycles. The number of benzene rings is 2. The van der Waals surface area contributed by atoms with E-state index in [2.05, 4.69) is 10.4 Å². The van der Waals surface area contributed by atoms with E-state index in [1.807, 2.05) is 0 Å². The third-order valence-corrected chi connectivity index (χ3v) is 3.03. The monoisotopic (exact) mass is 339 g/mol. The average Bonchev–Trinajstić information content (AvgIpc) is 2.56. The fourth-order valence-corrected chi connectivity index (χ4v) is 1.87. The van der Waals surface area contributed by atoms with Crippen LogP contribution < -0.4 is 10.3 Å². The SMILES string of the molecule is CNC(=O)N(N=Cc1ccccc1)c1ccc(F)c(C(F)(F)F)c1. The number of alkyl halides is 3. The number of nitrogens with zero attached hydrogens (tertiary/aromatic N) is 2. The van der Waals surface area contributed by atoms with Crippen molar-refractivity contribution in [3.05, 3.63) is 65.5 Å². The topological polar surface area (TPSA) is 44.7 Å². The van der Waals surface area contributed by atoms with Crippen LogP contribution >= 0.6 is 0 Å². The highest BCUT2D eigenvalue weighted by atomic mass is 19.4. The number of hydrazone groups is 1. The number of rotatable bonds is 3. The summed E-state index contributed by atoms with van der Waals surface area (Å²) >= 11 is 0. The molecule has 0 aliphatic carbocycles. The molecule has 0 heterocycles. The van der Waals surface area contributed by atoms with Crippen molar-refractivity contribution in [1.29, 1.82) is 0 Å². The van der Waals surface area contributed by atoms with Gasteiger partial charge in [-0.3, -0.25) is 0 Å². The summed E-state index contributed by atoms with van der Waals surface area (Å²) in [6.07, 6.45) is -3.57. The number of urea groups is 1. The van der Waals surface area contributed by atoms with E-state index in [4.69, 9.17) is 0 Å². The normalized spacial score (nSPS) is 11.5. The summed E-state index contributed by atoms with van der Waals surface area (Å²) in [5.41, 5.74) is -1.04. The molecular formula is C16H13F4N3O. The van der Waals surface area contributed by atoms with Gasteiger partial charge < -0.3 is 5.32 Å². The summed E-state index contributed by atoms with van der Waals surface area (Å²) in [5, 5.41) is 6.89. The zero-order valence-corrected chi connectivity index (χ0v) is 12.5. The second kappa shape index (κ2) is 7.12. The molecule has 0 radical (unpaired) electrons. The van der Waals surface area contributed by atoms with Gasteiger partial charge in [-0.2, -0.15) is 23.3 Å². The molecule has 1 N–H and O–H groups in total. The van der Waals surface area contributed by atoms with E-state index in [-0.39, 0.29) is 5.69 Å². The summed E-state index contributed by atoms with van der Waals surface area (Å²) in [6, 6.07) is 10.1. The molecule has 0 atom stereocenters. The molecule has 2 rings (SSSR count). The third kappa shape index (κ3) is 4.09. The molecule has 0 aliphatic rings. The van der Waals surface area contributed by atoms with E-state index in [0.29, 0.717) is 17.7 Å². The predicted molar refractivity (Wildman–Crippen MR) is 82.4 cm³/mol. The number of halogens is 4. The summed E-state index contributed by atoms with van der Waals surface area (Å²) < 4.78 is 51.9. The standard InChI is InChI=1S/C16H13F4N3O/c1-21-15(24)23(22-10-11-5-3-2-4-6-11)12-7-8-14(17)13(9-12)16(18,19)20/h2-10H,1H3,(H,21,24). The van der Waals surface area contributed by atoms with Crippen LogP contribution in [0.3, 0.4) is 0 Å². The lowest BCUT2D eigenvalue weighted by Gasteiger charge is -2.18. The lowest BCUT2D eigenvalue weighted by atomic mass is 10.2. The molecule has 2 aromatic rings. The first kappa shape index (κ1) is 17.5. The van der Waals surface area contributed by atoms with Gasteiger partial charge in [0.1, 0.15) is 5.82 Å². The Bertz CT molecular complexity index is 745. The number of carbonyl (C=O) groups is 1. The number of amides is 2. The van der Waals surface area contributed by atoms with E-state index in [0.717, 1.165) is 11.1 Å². The van der Waals surface area contributed by atoms with Gasteiger partial charge in [-0.05, 0) is 23.8 Å². The van der Waals surface area contributed by atoms with Gasteiger partial charge in [0.15, 0.2) is 0 Å². The quantitative estimate of drug-likeness (QED) is 0.512. The minimum absolute atomic E-state index is 0.213. The molecule has 2 aromatic carbocycles. The maximum atomic E-state index is 13.4. The van der Waals surface area contributed by atoms with E-state index < -0.39 is 23.6 Å². The largest absolute Gasteiger partial charge is 0.419 e. The maximum absolute atomic E-state index is 13.4. The fourth-order valence-electron chi connectivity index (χ4n) is 1.87. The van der Waals surface area contributed by atoms with Gasteiger partial charge in [0.25, 0.3) is 0 Å². The Morgan fingerprint density at radius 2 is 1.83 bits per heavy atom. The van der Waals surface area contributed by atoms with Crippen molar-refractivity contribution in [1.82, 2.24) is 5.32 Å². The van der Waals surface area contributed by atoms with Gasteiger partial charge in [-0.1, -0.05) is 30.3 Å². The fraction of sp³-hybridized carbons (Fsp3) is 0.125. The van der Waals surface area contributed by atoms with Crippen LogP contribution in [0.1, 0.15) is 11.1 Å². The van der Waals surface area contributed by atoms with Crippen molar-refractivity contribution in [2.24, 2.45) is 5.10 Å². The highest BCUT2D eigenvalue weighted by Gasteiger charge is 2.35. The van der Waals surface area contributed by atoms with Crippen LogP contribution in [0.4, 0.5) is 28.0 Å². The van der Waals surface area contributed by atoms with Gasteiger partial charge >= 0.3 is 12.2 Å². The molecule has 0 bridgehead atoms. The summed E-state index contributed by atoms with van der Waals surface area (Å²) in [6.45, 7) is 0. The second-order valence-electron chi connectivity index (χ2n) is 4.68. The molecule has 126 valence electrons. The van der Waals surface area contributed by atoms with Gasteiger partial charge in [-0.25, -0.2) is 9.18 Å². The van der Waals surface area contributed by atoms with Gasteiger partial charge in [0.2, 0.25) is 0 Å². The first-order valence-corrected chi connectivity index (χ1v) is 6.80. The number of hydrogen-bond donors (Lipinski definition) is 1. The van der Waals surface area contributed by atoms with Gasteiger partial charge in [0, 0.05) is 7.05 Å². The first-order chi connectivity index (χ1) is 11.3. The van der Waals surface area contributed by atoms with Crippen molar-refractivity contribution in [2.75, 3.05) is 12.1 Å². The number of nitrogens with one attached hydrogen (secondary N) is 1.